The third kappa shape index (κ3) is 3.49. The molecule has 1 fully saturated rings. The second-order valence-corrected chi connectivity index (χ2v) is 6.41. The van der Waals surface area contributed by atoms with Crippen LogP contribution in [0.4, 0.5) is 0 Å². The van der Waals surface area contributed by atoms with Gasteiger partial charge in [-0.05, 0) is 42.2 Å². The van der Waals surface area contributed by atoms with Crippen LogP contribution < -0.4 is 4.74 Å². The van der Waals surface area contributed by atoms with Crippen LogP contribution in [-0.4, -0.2) is 30.0 Å². The lowest BCUT2D eigenvalue weighted by Gasteiger charge is -2.28. The highest BCUT2D eigenvalue weighted by Gasteiger charge is 2.29. The fourth-order valence-electron chi connectivity index (χ4n) is 3.41. The summed E-state index contributed by atoms with van der Waals surface area (Å²) >= 11 is 0. The Labute approximate surface area is 138 Å². The molecule has 0 spiro atoms. The summed E-state index contributed by atoms with van der Waals surface area (Å²) in [5.41, 5.74) is 0. The number of benzene rings is 2. The average molecular weight is 311 g/mol. The van der Waals surface area contributed by atoms with Crippen LogP contribution in [0.25, 0.3) is 10.8 Å². The number of hydrogen-bond acceptors (Lipinski definition) is 2. The van der Waals surface area contributed by atoms with Crippen LogP contribution in [0.15, 0.2) is 42.5 Å². The van der Waals surface area contributed by atoms with E-state index in [0.29, 0.717) is 12.5 Å². The standard InChI is InChI=1S/C20H25NO2/c1-3-19(20(22)21(2)17-10-6-7-11-17)23-18-13-12-15-8-4-5-9-16(15)14-18/h4-5,8-9,12-14,17,19H,3,6-7,10-11H2,1-2H3. The van der Waals surface area contributed by atoms with E-state index in [4.69, 9.17) is 4.74 Å². The predicted molar refractivity (Wildman–Crippen MR) is 93.7 cm³/mol. The summed E-state index contributed by atoms with van der Waals surface area (Å²) < 4.78 is 6.02. The highest BCUT2D eigenvalue weighted by atomic mass is 16.5. The van der Waals surface area contributed by atoms with Gasteiger partial charge in [-0.3, -0.25) is 4.79 Å². The van der Waals surface area contributed by atoms with Crippen molar-refractivity contribution in [2.75, 3.05) is 7.05 Å². The largest absolute Gasteiger partial charge is 0.481 e. The van der Waals surface area contributed by atoms with Gasteiger partial charge in [0.25, 0.3) is 5.91 Å². The van der Waals surface area contributed by atoms with Gasteiger partial charge in [0.1, 0.15) is 5.75 Å². The minimum Gasteiger partial charge on any atom is -0.481 e. The normalized spacial score (nSPS) is 16.4. The van der Waals surface area contributed by atoms with E-state index in [9.17, 15) is 4.79 Å². The van der Waals surface area contributed by atoms with Crippen LogP contribution in [0.2, 0.25) is 0 Å². The van der Waals surface area contributed by atoms with Crippen molar-refractivity contribution in [3.63, 3.8) is 0 Å². The van der Waals surface area contributed by atoms with Gasteiger partial charge in [0.15, 0.2) is 6.10 Å². The number of carbonyl (C=O) groups is 1. The molecular weight excluding hydrogens is 286 g/mol. The third-order valence-electron chi connectivity index (χ3n) is 4.87. The number of fused-ring (bicyclic) bond motifs is 1. The maximum atomic E-state index is 12.7. The maximum Gasteiger partial charge on any atom is 0.263 e. The Morgan fingerprint density at radius 1 is 1.17 bits per heavy atom. The van der Waals surface area contributed by atoms with Gasteiger partial charge in [-0.25, -0.2) is 0 Å². The molecule has 0 aromatic heterocycles. The van der Waals surface area contributed by atoms with Gasteiger partial charge in [0.05, 0.1) is 0 Å². The molecule has 3 heteroatoms. The predicted octanol–water partition coefficient (Wildman–Crippen LogP) is 4.40. The summed E-state index contributed by atoms with van der Waals surface area (Å²) in [7, 11) is 1.92. The maximum absolute atomic E-state index is 12.7. The van der Waals surface area contributed by atoms with Gasteiger partial charge in [0.2, 0.25) is 0 Å². The summed E-state index contributed by atoms with van der Waals surface area (Å²) in [6.07, 6.45) is 4.98. The summed E-state index contributed by atoms with van der Waals surface area (Å²) in [5.74, 6) is 0.872. The second kappa shape index (κ2) is 7.03. The minimum absolute atomic E-state index is 0.104. The molecule has 1 aliphatic carbocycles. The first-order valence-electron chi connectivity index (χ1n) is 8.61. The van der Waals surface area contributed by atoms with Crippen molar-refractivity contribution in [2.45, 2.75) is 51.2 Å². The highest BCUT2D eigenvalue weighted by Crippen LogP contribution is 2.25. The molecule has 1 saturated carbocycles. The molecule has 1 unspecified atom stereocenters. The molecule has 2 aromatic rings. The van der Waals surface area contributed by atoms with E-state index >= 15 is 0 Å². The van der Waals surface area contributed by atoms with Crippen molar-refractivity contribution in [2.24, 2.45) is 0 Å². The molecule has 0 bridgehead atoms. The van der Waals surface area contributed by atoms with Crippen molar-refractivity contribution in [1.82, 2.24) is 4.90 Å². The van der Waals surface area contributed by atoms with Crippen molar-refractivity contribution in [3.8, 4) is 5.75 Å². The number of likely N-dealkylation sites (N-methyl/N-ethyl adjacent to an activating group) is 1. The summed E-state index contributed by atoms with van der Waals surface area (Å²) in [6.45, 7) is 2.01. The van der Waals surface area contributed by atoms with E-state index in [1.54, 1.807) is 0 Å². The van der Waals surface area contributed by atoms with Crippen LogP contribution in [0.3, 0.4) is 0 Å². The first-order valence-corrected chi connectivity index (χ1v) is 8.61. The van der Waals surface area contributed by atoms with Crippen molar-refractivity contribution >= 4 is 16.7 Å². The number of hydrogen-bond donors (Lipinski definition) is 0. The smallest absolute Gasteiger partial charge is 0.263 e. The molecule has 0 N–H and O–H groups in total. The van der Waals surface area contributed by atoms with Crippen molar-refractivity contribution in [3.05, 3.63) is 42.5 Å². The molecule has 1 aliphatic rings. The Kier molecular flexibility index (Phi) is 4.85. The Morgan fingerprint density at radius 3 is 2.57 bits per heavy atom. The Balaban J connectivity index is 1.73. The average Bonchev–Trinajstić information content (AvgIpc) is 3.13. The second-order valence-electron chi connectivity index (χ2n) is 6.41. The minimum atomic E-state index is -0.401. The highest BCUT2D eigenvalue weighted by molar-refractivity contribution is 5.84. The molecule has 1 amide bonds. The van der Waals surface area contributed by atoms with Crippen LogP contribution in [0.5, 0.6) is 5.75 Å². The lowest BCUT2D eigenvalue weighted by atomic mass is 10.1. The zero-order valence-electron chi connectivity index (χ0n) is 14.0. The molecule has 2 aromatic carbocycles. The first-order chi connectivity index (χ1) is 11.2. The van der Waals surface area contributed by atoms with E-state index in [1.165, 1.54) is 18.2 Å². The molecule has 0 heterocycles. The molecule has 0 aliphatic heterocycles. The molecule has 1 atom stereocenters. The zero-order chi connectivity index (χ0) is 16.2. The molecule has 0 saturated heterocycles. The summed E-state index contributed by atoms with van der Waals surface area (Å²) in [6, 6.07) is 14.6. The van der Waals surface area contributed by atoms with Gasteiger partial charge in [-0.2, -0.15) is 0 Å². The molecule has 122 valence electrons. The fraction of sp³-hybridized carbons (Fsp3) is 0.450. The monoisotopic (exact) mass is 311 g/mol. The SMILES string of the molecule is CCC(Oc1ccc2ccccc2c1)C(=O)N(C)C1CCCC1. The zero-order valence-corrected chi connectivity index (χ0v) is 14.0. The summed E-state index contributed by atoms with van der Waals surface area (Å²) in [4.78, 5) is 14.6. The van der Waals surface area contributed by atoms with Gasteiger partial charge in [0, 0.05) is 13.1 Å². The van der Waals surface area contributed by atoms with Crippen LogP contribution in [0, 0.1) is 0 Å². The topological polar surface area (TPSA) is 29.5 Å². The lowest BCUT2D eigenvalue weighted by Crippen LogP contribution is -2.43. The van der Waals surface area contributed by atoms with Gasteiger partial charge in [-0.15, -0.1) is 0 Å². The first kappa shape index (κ1) is 15.9. The number of amides is 1. The number of rotatable bonds is 5. The third-order valence-corrected chi connectivity index (χ3v) is 4.87. The van der Waals surface area contributed by atoms with Crippen LogP contribution >= 0.6 is 0 Å². The Hall–Kier alpha value is -2.03. The van der Waals surface area contributed by atoms with Crippen LogP contribution in [0.1, 0.15) is 39.0 Å². The molecule has 3 rings (SSSR count). The van der Waals surface area contributed by atoms with Crippen molar-refractivity contribution in [1.29, 1.82) is 0 Å². The van der Waals surface area contributed by atoms with E-state index in [2.05, 4.69) is 12.1 Å². The number of nitrogens with zero attached hydrogens (tertiary/aromatic N) is 1. The van der Waals surface area contributed by atoms with Gasteiger partial charge in [-0.1, -0.05) is 50.1 Å². The quantitative estimate of drug-likeness (QED) is 0.819. The van der Waals surface area contributed by atoms with E-state index < -0.39 is 6.10 Å². The Bertz CT molecular complexity index is 676. The number of carbonyl (C=O) groups excluding carboxylic acids is 1. The molecule has 3 nitrogen and oxygen atoms in total. The fourth-order valence-corrected chi connectivity index (χ4v) is 3.41. The van der Waals surface area contributed by atoms with E-state index in [1.807, 2.05) is 49.2 Å². The van der Waals surface area contributed by atoms with Crippen molar-refractivity contribution < 1.29 is 9.53 Å². The number of ether oxygens (including phenoxy) is 1. The van der Waals surface area contributed by atoms with E-state index in [-0.39, 0.29) is 5.91 Å². The van der Waals surface area contributed by atoms with Gasteiger partial charge >= 0.3 is 0 Å². The lowest BCUT2D eigenvalue weighted by molar-refractivity contribution is -0.139. The van der Waals surface area contributed by atoms with E-state index in [0.717, 1.165) is 24.0 Å². The summed E-state index contributed by atoms with van der Waals surface area (Å²) in [5, 5.41) is 2.32. The Morgan fingerprint density at radius 2 is 1.87 bits per heavy atom. The molecular formula is C20H25NO2. The van der Waals surface area contributed by atoms with Crippen LogP contribution in [-0.2, 0) is 4.79 Å². The molecule has 23 heavy (non-hydrogen) atoms. The van der Waals surface area contributed by atoms with Gasteiger partial charge < -0.3 is 9.64 Å². The molecule has 0 radical (unpaired) electrons.